The zero-order valence-corrected chi connectivity index (χ0v) is 9.90. The van der Waals surface area contributed by atoms with E-state index in [9.17, 15) is 9.59 Å². The van der Waals surface area contributed by atoms with E-state index in [0.717, 1.165) is 11.3 Å². The maximum atomic E-state index is 11.4. The van der Waals surface area contributed by atoms with Crippen LogP contribution in [0.4, 0.5) is 5.00 Å². The molecule has 1 amide bonds. The first-order valence-corrected chi connectivity index (χ1v) is 5.22. The predicted molar refractivity (Wildman–Crippen MR) is 59.4 cm³/mol. The lowest BCUT2D eigenvalue weighted by molar-refractivity contribution is -0.114. The zero-order valence-electron chi connectivity index (χ0n) is 9.08. The Morgan fingerprint density at radius 2 is 2.12 bits per heavy atom. The second-order valence-electron chi connectivity index (χ2n) is 3.04. The van der Waals surface area contributed by atoms with Crippen LogP contribution in [0.1, 0.15) is 27.7 Å². The van der Waals surface area contributed by atoms with Crippen LogP contribution < -0.4 is 5.32 Å². The van der Waals surface area contributed by atoms with Crippen molar-refractivity contribution < 1.29 is 14.3 Å². The van der Waals surface area contributed by atoms with Crippen molar-refractivity contribution in [3.05, 3.63) is 16.0 Å². The van der Waals surface area contributed by atoms with E-state index in [-0.39, 0.29) is 5.91 Å². The summed E-state index contributed by atoms with van der Waals surface area (Å²) in [4.78, 5) is 22.6. The highest BCUT2D eigenvalue weighted by atomic mass is 32.1. The van der Waals surface area contributed by atoms with Crippen LogP contribution in [0.2, 0.25) is 0 Å². The third kappa shape index (κ3) is 2.20. The van der Waals surface area contributed by atoms with E-state index in [0.29, 0.717) is 21.0 Å². The standard InChI is InChI=1S/C10H10N2O3S/c1-5-7(4-11)9(12-6(2)13)16-8(5)10(14)15-3/h1-3H3,(H,12,13). The van der Waals surface area contributed by atoms with Gasteiger partial charge in [-0.1, -0.05) is 0 Å². The molecule has 84 valence electrons. The Hall–Kier alpha value is -1.87. The number of amides is 1. The van der Waals surface area contributed by atoms with Gasteiger partial charge in [0.1, 0.15) is 15.9 Å². The fraction of sp³-hybridized carbons (Fsp3) is 0.300. The molecule has 1 N–H and O–H groups in total. The average Bonchev–Trinajstić information content (AvgIpc) is 2.53. The molecule has 0 aliphatic rings. The molecule has 1 aromatic heterocycles. The summed E-state index contributed by atoms with van der Waals surface area (Å²) in [6, 6.07) is 1.96. The minimum Gasteiger partial charge on any atom is -0.465 e. The van der Waals surface area contributed by atoms with Gasteiger partial charge in [-0.25, -0.2) is 4.79 Å². The number of nitrogens with one attached hydrogen (secondary N) is 1. The third-order valence-corrected chi connectivity index (χ3v) is 3.11. The van der Waals surface area contributed by atoms with Gasteiger partial charge in [-0.3, -0.25) is 4.79 Å². The van der Waals surface area contributed by atoms with Crippen LogP contribution in [0.25, 0.3) is 0 Å². The topological polar surface area (TPSA) is 79.2 Å². The van der Waals surface area contributed by atoms with Crippen molar-refractivity contribution in [3.8, 4) is 6.07 Å². The van der Waals surface area contributed by atoms with E-state index < -0.39 is 5.97 Å². The molecule has 0 aliphatic heterocycles. The molecule has 1 aromatic rings. The zero-order chi connectivity index (χ0) is 12.3. The van der Waals surface area contributed by atoms with Crippen LogP contribution in [0.15, 0.2) is 0 Å². The summed E-state index contributed by atoms with van der Waals surface area (Å²) in [5.74, 6) is -0.787. The van der Waals surface area contributed by atoms with Gasteiger partial charge in [0, 0.05) is 6.92 Å². The summed E-state index contributed by atoms with van der Waals surface area (Å²) in [5, 5.41) is 11.8. The number of nitrogens with zero attached hydrogens (tertiary/aromatic N) is 1. The molecule has 0 aliphatic carbocycles. The van der Waals surface area contributed by atoms with Gasteiger partial charge in [0.25, 0.3) is 0 Å². The minimum absolute atomic E-state index is 0.283. The number of rotatable bonds is 2. The number of carbonyl (C=O) groups is 2. The number of carbonyl (C=O) groups excluding carboxylic acids is 2. The first-order valence-electron chi connectivity index (χ1n) is 4.40. The molecule has 1 heterocycles. The Bertz CT molecular complexity index is 485. The van der Waals surface area contributed by atoms with E-state index >= 15 is 0 Å². The summed E-state index contributed by atoms with van der Waals surface area (Å²) in [6.45, 7) is 2.99. The molecular weight excluding hydrogens is 228 g/mol. The number of ether oxygens (including phenoxy) is 1. The Morgan fingerprint density at radius 3 is 2.56 bits per heavy atom. The lowest BCUT2D eigenvalue weighted by Gasteiger charge is -1.96. The van der Waals surface area contributed by atoms with E-state index in [1.807, 2.05) is 6.07 Å². The van der Waals surface area contributed by atoms with Crippen molar-refractivity contribution in [1.82, 2.24) is 0 Å². The molecule has 0 saturated carbocycles. The minimum atomic E-state index is -0.504. The van der Waals surface area contributed by atoms with Crippen molar-refractivity contribution in [1.29, 1.82) is 5.26 Å². The molecule has 0 saturated heterocycles. The summed E-state index contributed by atoms with van der Waals surface area (Å²) < 4.78 is 4.58. The Kier molecular flexibility index (Phi) is 3.64. The van der Waals surface area contributed by atoms with Crippen molar-refractivity contribution in [2.45, 2.75) is 13.8 Å². The van der Waals surface area contributed by atoms with E-state index in [4.69, 9.17) is 5.26 Å². The Balaban J connectivity index is 3.26. The number of hydrogen-bond acceptors (Lipinski definition) is 5. The van der Waals surface area contributed by atoms with Crippen LogP contribution >= 0.6 is 11.3 Å². The third-order valence-electron chi connectivity index (χ3n) is 1.92. The molecular formula is C10H10N2O3S. The van der Waals surface area contributed by atoms with Crippen molar-refractivity contribution >= 4 is 28.2 Å². The summed E-state index contributed by atoms with van der Waals surface area (Å²) in [6.07, 6.45) is 0. The Labute approximate surface area is 96.6 Å². The highest BCUT2D eigenvalue weighted by Gasteiger charge is 2.20. The molecule has 0 bridgehead atoms. The van der Waals surface area contributed by atoms with Gasteiger partial charge in [-0.05, 0) is 12.5 Å². The van der Waals surface area contributed by atoms with Crippen molar-refractivity contribution in [2.75, 3.05) is 12.4 Å². The maximum Gasteiger partial charge on any atom is 0.348 e. The molecule has 6 heteroatoms. The van der Waals surface area contributed by atoms with Gasteiger partial charge in [0.15, 0.2) is 0 Å². The lowest BCUT2D eigenvalue weighted by atomic mass is 10.2. The summed E-state index contributed by atoms with van der Waals surface area (Å²) in [5.41, 5.74) is 0.837. The SMILES string of the molecule is COC(=O)c1sc(NC(C)=O)c(C#N)c1C. The molecule has 0 radical (unpaired) electrons. The molecule has 1 rings (SSSR count). The second kappa shape index (κ2) is 4.77. The fourth-order valence-corrected chi connectivity index (χ4v) is 2.30. The highest BCUT2D eigenvalue weighted by Crippen LogP contribution is 2.32. The highest BCUT2D eigenvalue weighted by molar-refractivity contribution is 7.18. The van der Waals surface area contributed by atoms with Gasteiger partial charge in [0.05, 0.1) is 12.7 Å². The monoisotopic (exact) mass is 238 g/mol. The first-order chi connectivity index (χ1) is 7.51. The number of esters is 1. The van der Waals surface area contributed by atoms with Crippen LogP contribution in [0.5, 0.6) is 0 Å². The molecule has 0 atom stereocenters. The number of thiophene rings is 1. The number of nitriles is 1. The summed E-state index contributed by atoms with van der Waals surface area (Å²) >= 11 is 1.04. The molecule has 0 unspecified atom stereocenters. The molecule has 5 nitrogen and oxygen atoms in total. The van der Waals surface area contributed by atoms with Gasteiger partial charge in [-0.2, -0.15) is 5.26 Å². The van der Waals surface area contributed by atoms with E-state index in [2.05, 4.69) is 10.1 Å². The first kappa shape index (κ1) is 12.2. The number of methoxy groups -OCH3 is 1. The van der Waals surface area contributed by atoms with Crippen LogP contribution in [-0.4, -0.2) is 19.0 Å². The molecule has 0 aromatic carbocycles. The van der Waals surface area contributed by atoms with Crippen LogP contribution in [-0.2, 0) is 9.53 Å². The molecule has 16 heavy (non-hydrogen) atoms. The predicted octanol–water partition coefficient (Wildman–Crippen LogP) is 1.67. The average molecular weight is 238 g/mol. The summed E-state index contributed by atoms with van der Waals surface area (Å²) in [7, 11) is 1.27. The largest absolute Gasteiger partial charge is 0.465 e. The van der Waals surface area contributed by atoms with Gasteiger partial charge >= 0.3 is 5.97 Å². The van der Waals surface area contributed by atoms with Gasteiger partial charge in [-0.15, -0.1) is 11.3 Å². The second-order valence-corrected chi connectivity index (χ2v) is 4.07. The van der Waals surface area contributed by atoms with Crippen LogP contribution in [0.3, 0.4) is 0 Å². The number of hydrogen-bond donors (Lipinski definition) is 1. The van der Waals surface area contributed by atoms with Gasteiger partial charge < -0.3 is 10.1 Å². The van der Waals surface area contributed by atoms with Crippen LogP contribution in [0, 0.1) is 18.3 Å². The Morgan fingerprint density at radius 1 is 1.50 bits per heavy atom. The molecule has 0 fully saturated rings. The smallest absolute Gasteiger partial charge is 0.348 e. The number of anilines is 1. The van der Waals surface area contributed by atoms with Crippen molar-refractivity contribution in [3.63, 3.8) is 0 Å². The maximum absolute atomic E-state index is 11.4. The normalized spacial score (nSPS) is 9.38. The van der Waals surface area contributed by atoms with Gasteiger partial charge in [0.2, 0.25) is 5.91 Å². The fourth-order valence-electron chi connectivity index (χ4n) is 1.18. The van der Waals surface area contributed by atoms with E-state index in [1.165, 1.54) is 14.0 Å². The lowest BCUT2D eigenvalue weighted by Crippen LogP contribution is -2.05. The quantitative estimate of drug-likeness (QED) is 0.795. The van der Waals surface area contributed by atoms with Crippen molar-refractivity contribution in [2.24, 2.45) is 0 Å². The van der Waals surface area contributed by atoms with E-state index in [1.54, 1.807) is 6.92 Å². The molecule has 0 spiro atoms.